The van der Waals surface area contributed by atoms with Crippen LogP contribution in [-0.2, 0) is 15.1 Å². The minimum atomic E-state index is -1.11. The lowest BCUT2D eigenvalue weighted by atomic mass is 9.80. The number of benzene rings is 2. The summed E-state index contributed by atoms with van der Waals surface area (Å²) in [6.07, 6.45) is 3.44. The van der Waals surface area contributed by atoms with E-state index in [1.165, 1.54) is 18.1 Å². The highest BCUT2D eigenvalue weighted by atomic mass is 19.1. The highest BCUT2D eigenvalue weighted by Crippen LogP contribution is 2.35. The van der Waals surface area contributed by atoms with Crippen LogP contribution < -0.4 is 10.1 Å². The molecule has 0 radical (unpaired) electrons. The third-order valence-corrected chi connectivity index (χ3v) is 7.10. The van der Waals surface area contributed by atoms with Gasteiger partial charge in [-0.05, 0) is 80.8 Å². The summed E-state index contributed by atoms with van der Waals surface area (Å²) in [6, 6.07) is 11.8. The fourth-order valence-corrected chi connectivity index (χ4v) is 4.96. The topological polar surface area (TPSA) is 82.5 Å². The molecule has 0 spiro atoms. The number of Topliss-reactive ketones (excluding diaryl/α,β-unsaturated/α-hetero) is 1. The Morgan fingerprint density at radius 1 is 1.21 bits per heavy atom. The Balaban J connectivity index is 1.55. The zero-order chi connectivity index (χ0) is 23.8. The maximum atomic E-state index is 14.5. The molecule has 1 heterocycles. The Labute approximate surface area is 193 Å². The smallest absolute Gasteiger partial charge is 0.259 e. The average Bonchev–Trinajstić information content (AvgIpc) is 3.03. The summed E-state index contributed by atoms with van der Waals surface area (Å²) >= 11 is 0. The van der Waals surface area contributed by atoms with Gasteiger partial charge in [0.1, 0.15) is 22.9 Å². The lowest BCUT2D eigenvalue weighted by molar-refractivity contribution is -0.131. The van der Waals surface area contributed by atoms with Crippen molar-refractivity contribution in [3.63, 3.8) is 0 Å². The number of amides is 1. The zero-order valence-electron chi connectivity index (χ0n) is 19.3. The minimum Gasteiger partial charge on any atom is -0.497 e. The summed E-state index contributed by atoms with van der Waals surface area (Å²) in [5.74, 6) is 0.688. The van der Waals surface area contributed by atoms with Crippen LogP contribution in [0.3, 0.4) is 0 Å². The Morgan fingerprint density at radius 3 is 2.61 bits per heavy atom. The first-order valence-electron chi connectivity index (χ1n) is 11.4. The number of rotatable bonds is 6. The minimum absolute atomic E-state index is 0.0779. The van der Waals surface area contributed by atoms with E-state index < -0.39 is 5.54 Å². The van der Waals surface area contributed by atoms with Crippen molar-refractivity contribution in [2.75, 3.05) is 13.7 Å². The molecule has 33 heavy (non-hydrogen) atoms. The molecule has 0 aromatic heterocycles. The van der Waals surface area contributed by atoms with Crippen LogP contribution in [0, 0.1) is 23.1 Å². The summed E-state index contributed by atoms with van der Waals surface area (Å²) in [4.78, 5) is 26.6. The number of methoxy groups -OCH3 is 1. The van der Waals surface area contributed by atoms with Crippen molar-refractivity contribution in [2.24, 2.45) is 11.8 Å². The van der Waals surface area contributed by atoms with Crippen LogP contribution in [0.25, 0.3) is 11.1 Å². The highest BCUT2D eigenvalue weighted by Gasteiger charge is 2.48. The number of carbonyl (C=O) groups is 2. The second-order valence-electron chi connectivity index (χ2n) is 9.27. The van der Waals surface area contributed by atoms with Crippen molar-refractivity contribution < 1.29 is 18.7 Å². The van der Waals surface area contributed by atoms with Gasteiger partial charge in [0.05, 0.1) is 7.11 Å². The molecule has 1 saturated heterocycles. The molecule has 1 unspecified atom stereocenters. The van der Waals surface area contributed by atoms with Gasteiger partial charge in [0.25, 0.3) is 5.91 Å². The number of nitrogens with one attached hydrogen (secondary N) is 2. The second kappa shape index (κ2) is 8.96. The van der Waals surface area contributed by atoms with Crippen LogP contribution in [0.4, 0.5) is 4.39 Å². The number of halogens is 1. The molecule has 2 N–H and O–H groups in total. The van der Waals surface area contributed by atoms with Crippen LogP contribution in [0.15, 0.2) is 42.5 Å². The van der Waals surface area contributed by atoms with Gasteiger partial charge in [-0.1, -0.05) is 18.2 Å². The van der Waals surface area contributed by atoms with Crippen molar-refractivity contribution in [1.29, 1.82) is 5.41 Å². The van der Waals surface area contributed by atoms with Crippen molar-refractivity contribution in [2.45, 2.75) is 45.1 Å². The third-order valence-electron chi connectivity index (χ3n) is 7.10. The van der Waals surface area contributed by atoms with Crippen LogP contribution in [0.2, 0.25) is 0 Å². The molecule has 2 aromatic rings. The number of carbonyl (C=O) groups excluding carboxylic acids is 2. The van der Waals surface area contributed by atoms with Crippen molar-refractivity contribution in [3.05, 3.63) is 53.8 Å². The second-order valence-corrected chi connectivity index (χ2v) is 9.27. The lowest BCUT2D eigenvalue weighted by Gasteiger charge is -2.30. The van der Waals surface area contributed by atoms with Crippen molar-refractivity contribution >= 4 is 17.6 Å². The number of ketones is 1. The standard InChI is InChI=1S/C26H30FN3O3/c1-16(31)18-9-7-17(8-10-18)15-30-24(32)26(2,29-25(30)28)20-6-4-5-19(13-20)22-14-21(33-3)11-12-23(22)27/h4-6,11-14,17-18H,7-10,15H2,1-3H3,(H2,28,29). The van der Waals surface area contributed by atoms with E-state index >= 15 is 0 Å². The Hall–Kier alpha value is -3.22. The molecule has 6 nitrogen and oxygen atoms in total. The number of nitrogens with zero attached hydrogens (tertiary/aromatic N) is 1. The summed E-state index contributed by atoms with van der Waals surface area (Å²) in [7, 11) is 1.53. The quantitative estimate of drug-likeness (QED) is 0.679. The van der Waals surface area contributed by atoms with E-state index in [9.17, 15) is 14.0 Å². The van der Waals surface area contributed by atoms with Crippen LogP contribution in [0.1, 0.15) is 45.1 Å². The zero-order valence-corrected chi connectivity index (χ0v) is 19.3. The first-order valence-corrected chi connectivity index (χ1v) is 11.4. The fourth-order valence-electron chi connectivity index (χ4n) is 4.96. The molecule has 1 aliphatic carbocycles. The first kappa shape index (κ1) is 23.0. The summed E-state index contributed by atoms with van der Waals surface area (Å²) < 4.78 is 19.8. The maximum Gasteiger partial charge on any atom is 0.259 e. The van der Waals surface area contributed by atoms with Gasteiger partial charge in [-0.25, -0.2) is 4.39 Å². The molecule has 7 heteroatoms. The lowest BCUT2D eigenvalue weighted by Crippen LogP contribution is -2.41. The molecule has 1 atom stereocenters. The largest absolute Gasteiger partial charge is 0.497 e. The third kappa shape index (κ3) is 4.36. The van der Waals surface area contributed by atoms with Gasteiger partial charge >= 0.3 is 0 Å². The van der Waals surface area contributed by atoms with E-state index in [0.29, 0.717) is 29.0 Å². The van der Waals surface area contributed by atoms with Gasteiger partial charge in [0.2, 0.25) is 0 Å². The normalized spacial score (nSPS) is 25.2. The van der Waals surface area contributed by atoms with E-state index in [1.807, 2.05) is 6.07 Å². The Kier molecular flexibility index (Phi) is 6.23. The fraction of sp³-hybridized carbons (Fsp3) is 0.423. The maximum absolute atomic E-state index is 14.5. The summed E-state index contributed by atoms with van der Waals surface area (Å²) in [5, 5.41) is 11.5. The molecule has 2 aliphatic rings. The van der Waals surface area contributed by atoms with Crippen LogP contribution >= 0.6 is 0 Å². The summed E-state index contributed by atoms with van der Waals surface area (Å²) in [5.41, 5.74) is 0.574. The van der Waals surface area contributed by atoms with Crippen LogP contribution in [0.5, 0.6) is 5.75 Å². The molecule has 1 amide bonds. The molecule has 1 saturated carbocycles. The predicted molar refractivity (Wildman–Crippen MR) is 124 cm³/mol. The molecule has 0 bridgehead atoms. The van der Waals surface area contributed by atoms with Gasteiger partial charge in [-0.15, -0.1) is 0 Å². The SMILES string of the molecule is COc1ccc(F)c(-c2cccc(C3(C)NC(=N)N(CC4CCC(C(C)=O)CC4)C3=O)c2)c1. The van der Waals surface area contributed by atoms with Crippen molar-refractivity contribution in [1.82, 2.24) is 10.2 Å². The Bertz CT molecular complexity index is 1090. The van der Waals surface area contributed by atoms with Gasteiger partial charge in [0.15, 0.2) is 5.96 Å². The van der Waals surface area contributed by atoms with E-state index in [0.717, 1.165) is 25.7 Å². The Morgan fingerprint density at radius 2 is 1.94 bits per heavy atom. The highest BCUT2D eigenvalue weighted by molar-refractivity contribution is 6.08. The predicted octanol–water partition coefficient (Wildman–Crippen LogP) is 4.48. The number of guanidine groups is 1. The number of hydrogen-bond acceptors (Lipinski definition) is 4. The van der Waals surface area contributed by atoms with E-state index in [2.05, 4.69) is 5.32 Å². The molecule has 2 fully saturated rings. The van der Waals surface area contributed by atoms with E-state index in [1.54, 1.807) is 44.2 Å². The number of ether oxygens (including phenoxy) is 1. The van der Waals surface area contributed by atoms with Gasteiger partial charge < -0.3 is 10.1 Å². The van der Waals surface area contributed by atoms with Crippen molar-refractivity contribution in [3.8, 4) is 16.9 Å². The molecule has 1 aliphatic heterocycles. The van der Waals surface area contributed by atoms with E-state index in [4.69, 9.17) is 10.1 Å². The molecule has 174 valence electrons. The van der Waals surface area contributed by atoms with Crippen LogP contribution in [-0.4, -0.2) is 36.2 Å². The average molecular weight is 452 g/mol. The molecule has 4 rings (SSSR count). The molecular formula is C26H30FN3O3. The number of hydrogen-bond donors (Lipinski definition) is 2. The summed E-state index contributed by atoms with van der Waals surface area (Å²) in [6.45, 7) is 3.87. The van der Waals surface area contributed by atoms with Gasteiger partial charge in [-0.3, -0.25) is 19.9 Å². The monoisotopic (exact) mass is 451 g/mol. The van der Waals surface area contributed by atoms with Gasteiger partial charge in [-0.2, -0.15) is 0 Å². The van der Waals surface area contributed by atoms with E-state index in [-0.39, 0.29) is 35.3 Å². The molecular weight excluding hydrogens is 421 g/mol. The first-order chi connectivity index (χ1) is 15.7. The van der Waals surface area contributed by atoms with Gasteiger partial charge in [0, 0.05) is 18.0 Å². The molecule has 2 aromatic carbocycles.